The minimum Gasteiger partial charge on any atom is -0.461 e. The van der Waals surface area contributed by atoms with Crippen LogP contribution in [0.4, 0.5) is 0 Å². The quantitative estimate of drug-likeness (QED) is 0.745. The molecular weight excluding hydrogens is 220 g/mol. The van der Waals surface area contributed by atoms with Gasteiger partial charge < -0.3 is 4.74 Å². The average Bonchev–Trinajstić information content (AvgIpc) is 2.73. The van der Waals surface area contributed by atoms with E-state index in [1.54, 1.807) is 31.2 Å². The first-order valence-corrected chi connectivity index (χ1v) is 5.17. The summed E-state index contributed by atoms with van der Waals surface area (Å²) in [6.07, 6.45) is 0. The third-order valence-electron chi connectivity index (χ3n) is 2.22. The van der Waals surface area contributed by atoms with Gasteiger partial charge in [-0.1, -0.05) is 30.3 Å². The van der Waals surface area contributed by atoms with Gasteiger partial charge in [0.25, 0.3) is 5.91 Å². The van der Waals surface area contributed by atoms with E-state index in [1.807, 2.05) is 6.07 Å². The van der Waals surface area contributed by atoms with Crippen molar-refractivity contribution in [3.8, 4) is 0 Å². The number of nitrogens with zero attached hydrogens (tertiary/aromatic N) is 2. The normalized spacial score (nSPS) is 14.3. The van der Waals surface area contributed by atoms with Crippen LogP contribution in [0.3, 0.4) is 0 Å². The highest BCUT2D eigenvalue weighted by atomic mass is 16.5. The molecule has 0 bridgehead atoms. The molecule has 0 fully saturated rings. The molecular formula is C12H10N2O3. The van der Waals surface area contributed by atoms with E-state index in [9.17, 15) is 9.59 Å². The Hall–Kier alpha value is -2.30. The number of azo groups is 1. The highest BCUT2D eigenvalue weighted by Crippen LogP contribution is 2.27. The minimum atomic E-state index is -0.624. The van der Waals surface area contributed by atoms with Crippen molar-refractivity contribution in [1.29, 1.82) is 0 Å². The van der Waals surface area contributed by atoms with Crippen molar-refractivity contribution in [1.82, 2.24) is 0 Å². The molecule has 0 radical (unpaired) electrons. The van der Waals surface area contributed by atoms with Crippen LogP contribution in [0.25, 0.3) is 5.57 Å². The van der Waals surface area contributed by atoms with Gasteiger partial charge in [-0.2, -0.15) is 0 Å². The molecule has 0 atom stereocenters. The van der Waals surface area contributed by atoms with Gasteiger partial charge in [0.05, 0.1) is 12.2 Å². The number of hydrogen-bond acceptors (Lipinski definition) is 4. The van der Waals surface area contributed by atoms with Gasteiger partial charge in [-0.05, 0) is 12.5 Å². The second-order valence-electron chi connectivity index (χ2n) is 3.32. The zero-order valence-corrected chi connectivity index (χ0v) is 9.21. The van der Waals surface area contributed by atoms with Gasteiger partial charge in [0.1, 0.15) is 0 Å². The highest BCUT2D eigenvalue weighted by Gasteiger charge is 2.28. The zero-order chi connectivity index (χ0) is 12.3. The molecule has 1 aromatic carbocycles. The lowest BCUT2D eigenvalue weighted by Crippen LogP contribution is -2.08. The number of hydrogen-bond donors (Lipinski definition) is 0. The van der Waals surface area contributed by atoms with Crippen molar-refractivity contribution in [3.05, 3.63) is 41.6 Å². The van der Waals surface area contributed by atoms with E-state index >= 15 is 0 Å². The molecule has 1 heterocycles. The van der Waals surface area contributed by atoms with Gasteiger partial charge in [-0.25, -0.2) is 4.79 Å². The number of carbonyl (C=O) groups is 2. The summed E-state index contributed by atoms with van der Waals surface area (Å²) in [4.78, 5) is 23.2. The number of rotatable bonds is 3. The fourth-order valence-electron chi connectivity index (χ4n) is 1.50. The summed E-state index contributed by atoms with van der Waals surface area (Å²) in [6.45, 7) is 1.92. The first-order valence-electron chi connectivity index (χ1n) is 5.17. The van der Waals surface area contributed by atoms with Crippen LogP contribution in [-0.4, -0.2) is 18.5 Å². The first kappa shape index (κ1) is 11.2. The SMILES string of the molecule is CCOC(=O)C1=C(c2ccccc2)C(=O)N=N1. The maximum absolute atomic E-state index is 11.6. The largest absolute Gasteiger partial charge is 0.461 e. The first-order chi connectivity index (χ1) is 8.24. The Morgan fingerprint density at radius 1 is 1.24 bits per heavy atom. The molecule has 1 aliphatic rings. The van der Waals surface area contributed by atoms with Crippen LogP contribution >= 0.6 is 0 Å². The van der Waals surface area contributed by atoms with Gasteiger partial charge in [0, 0.05) is 0 Å². The van der Waals surface area contributed by atoms with Crippen LogP contribution < -0.4 is 0 Å². The van der Waals surface area contributed by atoms with Gasteiger partial charge >= 0.3 is 5.97 Å². The van der Waals surface area contributed by atoms with E-state index < -0.39 is 11.9 Å². The summed E-state index contributed by atoms with van der Waals surface area (Å²) < 4.78 is 4.82. The molecule has 5 heteroatoms. The monoisotopic (exact) mass is 230 g/mol. The Labute approximate surface area is 97.8 Å². The molecule has 17 heavy (non-hydrogen) atoms. The third-order valence-corrected chi connectivity index (χ3v) is 2.22. The van der Waals surface area contributed by atoms with E-state index in [0.29, 0.717) is 5.56 Å². The van der Waals surface area contributed by atoms with Crippen LogP contribution in [0.15, 0.2) is 46.3 Å². The van der Waals surface area contributed by atoms with Gasteiger partial charge in [-0.15, -0.1) is 10.2 Å². The molecule has 86 valence electrons. The summed E-state index contributed by atoms with van der Waals surface area (Å²) in [5.74, 6) is -1.14. The lowest BCUT2D eigenvalue weighted by molar-refractivity contribution is -0.138. The number of esters is 1. The van der Waals surface area contributed by atoms with Crippen molar-refractivity contribution in [2.75, 3.05) is 6.61 Å². The fourth-order valence-corrected chi connectivity index (χ4v) is 1.50. The smallest absolute Gasteiger partial charge is 0.359 e. The molecule has 0 aromatic heterocycles. The summed E-state index contributed by atoms with van der Waals surface area (Å²) in [7, 11) is 0. The van der Waals surface area contributed by atoms with Crippen molar-refractivity contribution in [2.45, 2.75) is 6.92 Å². The summed E-state index contributed by atoms with van der Waals surface area (Å²) in [5, 5.41) is 6.96. The van der Waals surface area contributed by atoms with E-state index in [1.165, 1.54) is 0 Å². The highest BCUT2D eigenvalue weighted by molar-refractivity contribution is 6.26. The van der Waals surface area contributed by atoms with Gasteiger partial charge in [0.2, 0.25) is 0 Å². The summed E-state index contributed by atoms with van der Waals surface area (Å²) in [6, 6.07) is 8.82. The van der Waals surface area contributed by atoms with Gasteiger partial charge in [-0.3, -0.25) is 4.79 Å². The molecule has 1 aliphatic heterocycles. The number of carbonyl (C=O) groups excluding carboxylic acids is 2. The predicted octanol–water partition coefficient (Wildman–Crippen LogP) is 1.95. The Morgan fingerprint density at radius 3 is 2.59 bits per heavy atom. The fraction of sp³-hybridized carbons (Fsp3) is 0.167. The molecule has 2 rings (SSSR count). The number of benzene rings is 1. The third kappa shape index (κ3) is 2.13. The lowest BCUT2D eigenvalue weighted by Gasteiger charge is -2.02. The van der Waals surface area contributed by atoms with Crippen LogP contribution in [0.2, 0.25) is 0 Å². The number of ether oxygens (including phenoxy) is 1. The zero-order valence-electron chi connectivity index (χ0n) is 9.21. The molecule has 0 aliphatic carbocycles. The predicted molar refractivity (Wildman–Crippen MR) is 59.9 cm³/mol. The van der Waals surface area contributed by atoms with Crippen molar-refractivity contribution >= 4 is 17.4 Å². The molecule has 1 aromatic rings. The lowest BCUT2D eigenvalue weighted by atomic mass is 10.0. The summed E-state index contributed by atoms with van der Waals surface area (Å²) in [5.41, 5.74) is 0.789. The van der Waals surface area contributed by atoms with E-state index in [4.69, 9.17) is 4.74 Å². The molecule has 0 saturated heterocycles. The standard InChI is InChI=1S/C12H10N2O3/c1-2-17-12(16)10-9(11(15)14-13-10)8-6-4-3-5-7-8/h3-7H,2H2,1H3. The molecule has 0 unspecified atom stereocenters. The Morgan fingerprint density at radius 2 is 1.94 bits per heavy atom. The second-order valence-corrected chi connectivity index (χ2v) is 3.32. The minimum absolute atomic E-state index is 0.0250. The van der Waals surface area contributed by atoms with Crippen LogP contribution in [0, 0.1) is 0 Å². The Balaban J connectivity index is 2.44. The van der Waals surface area contributed by atoms with E-state index in [-0.39, 0.29) is 17.9 Å². The molecule has 1 amide bonds. The maximum atomic E-state index is 11.6. The maximum Gasteiger partial charge on any atom is 0.359 e. The van der Waals surface area contributed by atoms with Crippen LogP contribution in [-0.2, 0) is 14.3 Å². The molecule has 0 saturated carbocycles. The van der Waals surface area contributed by atoms with Crippen molar-refractivity contribution in [3.63, 3.8) is 0 Å². The summed E-state index contributed by atoms with van der Waals surface area (Å²) >= 11 is 0. The van der Waals surface area contributed by atoms with Crippen molar-refractivity contribution < 1.29 is 14.3 Å². The Bertz CT molecular complexity index is 518. The average molecular weight is 230 g/mol. The van der Waals surface area contributed by atoms with Crippen LogP contribution in [0.5, 0.6) is 0 Å². The topological polar surface area (TPSA) is 68.1 Å². The second kappa shape index (κ2) is 4.69. The molecule has 5 nitrogen and oxygen atoms in total. The number of amides is 1. The van der Waals surface area contributed by atoms with Crippen molar-refractivity contribution in [2.24, 2.45) is 10.2 Å². The van der Waals surface area contributed by atoms with E-state index in [2.05, 4.69) is 10.2 Å². The van der Waals surface area contributed by atoms with E-state index in [0.717, 1.165) is 0 Å². The molecule has 0 spiro atoms. The van der Waals surface area contributed by atoms with Crippen LogP contribution in [0.1, 0.15) is 12.5 Å². The molecule has 0 N–H and O–H groups in total. The van der Waals surface area contributed by atoms with Gasteiger partial charge in [0.15, 0.2) is 5.70 Å². The Kier molecular flexibility index (Phi) is 3.09.